The lowest BCUT2D eigenvalue weighted by Crippen LogP contribution is -2.34. The highest BCUT2D eigenvalue weighted by Crippen LogP contribution is 2.23. The van der Waals surface area contributed by atoms with E-state index in [0.717, 1.165) is 6.42 Å². The Hall–Kier alpha value is -1.52. The number of likely N-dealkylation sites (tertiary alicyclic amines) is 1. The van der Waals surface area contributed by atoms with Gasteiger partial charge >= 0.3 is 12.1 Å². The predicted molar refractivity (Wildman–Crippen MR) is 62.3 cm³/mol. The number of nitrogens with zero attached hydrogens (tertiary/aromatic N) is 1. The summed E-state index contributed by atoms with van der Waals surface area (Å²) in [6, 6.07) is 0. The van der Waals surface area contributed by atoms with Gasteiger partial charge in [0, 0.05) is 18.3 Å². The molecule has 1 amide bonds. The van der Waals surface area contributed by atoms with Crippen molar-refractivity contribution in [3.8, 4) is 0 Å². The van der Waals surface area contributed by atoms with Crippen LogP contribution in [0.5, 0.6) is 0 Å². The van der Waals surface area contributed by atoms with E-state index in [9.17, 15) is 9.59 Å². The number of hydrogen-bond acceptors (Lipinski definition) is 4. The zero-order chi connectivity index (χ0) is 13.1. The lowest BCUT2D eigenvalue weighted by atomic mass is 10.2. The van der Waals surface area contributed by atoms with E-state index < -0.39 is 17.7 Å². The topological polar surface area (TPSA) is 55.8 Å². The highest BCUT2D eigenvalue weighted by Gasteiger charge is 2.28. The van der Waals surface area contributed by atoms with Crippen LogP contribution in [-0.4, -0.2) is 36.2 Å². The molecule has 1 saturated heterocycles. The first-order valence-electron chi connectivity index (χ1n) is 5.62. The van der Waals surface area contributed by atoms with E-state index in [1.165, 1.54) is 18.1 Å². The molecule has 1 rings (SSSR count). The Balaban J connectivity index is 2.73. The summed E-state index contributed by atoms with van der Waals surface area (Å²) >= 11 is 0. The van der Waals surface area contributed by atoms with Crippen molar-refractivity contribution in [3.05, 3.63) is 11.8 Å². The Morgan fingerprint density at radius 2 is 2.00 bits per heavy atom. The lowest BCUT2D eigenvalue weighted by molar-refractivity contribution is -0.134. The average Bonchev–Trinajstić information content (AvgIpc) is 2.63. The Kier molecular flexibility index (Phi) is 4.15. The third-order valence-electron chi connectivity index (χ3n) is 2.26. The number of allylic oxidation sites excluding steroid dienone is 1. The first-order valence-corrected chi connectivity index (χ1v) is 5.62. The van der Waals surface area contributed by atoms with Crippen molar-refractivity contribution in [1.29, 1.82) is 0 Å². The summed E-state index contributed by atoms with van der Waals surface area (Å²) < 4.78 is 9.81. The average molecular weight is 241 g/mol. The quantitative estimate of drug-likeness (QED) is 0.521. The number of esters is 1. The van der Waals surface area contributed by atoms with E-state index in [0.29, 0.717) is 18.7 Å². The molecule has 1 fully saturated rings. The van der Waals surface area contributed by atoms with Crippen molar-refractivity contribution in [2.45, 2.75) is 39.2 Å². The zero-order valence-electron chi connectivity index (χ0n) is 10.8. The fraction of sp³-hybridized carbons (Fsp3) is 0.667. The van der Waals surface area contributed by atoms with E-state index in [1.807, 2.05) is 20.8 Å². The van der Waals surface area contributed by atoms with Crippen molar-refractivity contribution >= 4 is 12.1 Å². The summed E-state index contributed by atoms with van der Waals surface area (Å²) in [5.74, 6) is -0.449. The molecule has 0 aliphatic carbocycles. The van der Waals surface area contributed by atoms with Gasteiger partial charge in [0.1, 0.15) is 5.60 Å². The summed E-state index contributed by atoms with van der Waals surface area (Å²) in [5, 5.41) is 0. The Morgan fingerprint density at radius 1 is 1.35 bits per heavy atom. The van der Waals surface area contributed by atoms with Gasteiger partial charge in [0.2, 0.25) is 0 Å². The molecule has 5 heteroatoms. The van der Waals surface area contributed by atoms with Gasteiger partial charge in [0.05, 0.1) is 7.11 Å². The van der Waals surface area contributed by atoms with E-state index in [2.05, 4.69) is 4.74 Å². The molecule has 0 saturated carbocycles. The van der Waals surface area contributed by atoms with Gasteiger partial charge in [-0.05, 0) is 33.6 Å². The second-order valence-electron chi connectivity index (χ2n) is 4.89. The van der Waals surface area contributed by atoms with Gasteiger partial charge in [-0.1, -0.05) is 0 Å². The molecule has 1 heterocycles. The van der Waals surface area contributed by atoms with Crippen LogP contribution in [0.2, 0.25) is 0 Å². The molecule has 96 valence electrons. The maximum absolute atomic E-state index is 11.9. The largest absolute Gasteiger partial charge is 0.466 e. The van der Waals surface area contributed by atoms with Crippen LogP contribution in [0.25, 0.3) is 0 Å². The van der Waals surface area contributed by atoms with Gasteiger partial charge in [0.15, 0.2) is 0 Å². The van der Waals surface area contributed by atoms with Crippen LogP contribution in [-0.2, 0) is 14.3 Å². The molecular formula is C12H19NO4. The van der Waals surface area contributed by atoms with Crippen molar-refractivity contribution < 1.29 is 19.1 Å². The van der Waals surface area contributed by atoms with Crippen LogP contribution in [0.15, 0.2) is 11.8 Å². The van der Waals surface area contributed by atoms with Gasteiger partial charge in [0.25, 0.3) is 0 Å². The zero-order valence-corrected chi connectivity index (χ0v) is 10.8. The van der Waals surface area contributed by atoms with Gasteiger partial charge in [-0.3, -0.25) is 4.90 Å². The summed E-state index contributed by atoms with van der Waals surface area (Å²) in [5.41, 5.74) is 0.127. The summed E-state index contributed by atoms with van der Waals surface area (Å²) in [6.07, 6.45) is 2.46. The van der Waals surface area contributed by atoms with Crippen molar-refractivity contribution in [2.75, 3.05) is 13.7 Å². The minimum Gasteiger partial charge on any atom is -0.466 e. The summed E-state index contributed by atoms with van der Waals surface area (Å²) in [6.45, 7) is 6.01. The maximum atomic E-state index is 11.9. The van der Waals surface area contributed by atoms with Crippen LogP contribution in [0.3, 0.4) is 0 Å². The van der Waals surface area contributed by atoms with Gasteiger partial charge in [-0.15, -0.1) is 0 Å². The summed E-state index contributed by atoms with van der Waals surface area (Å²) in [7, 11) is 1.31. The van der Waals surface area contributed by atoms with E-state index in [1.54, 1.807) is 0 Å². The molecule has 1 aliphatic heterocycles. The van der Waals surface area contributed by atoms with Crippen LogP contribution >= 0.6 is 0 Å². The smallest absolute Gasteiger partial charge is 0.414 e. The monoisotopic (exact) mass is 241 g/mol. The van der Waals surface area contributed by atoms with Crippen molar-refractivity contribution in [3.63, 3.8) is 0 Å². The molecule has 0 N–H and O–H groups in total. The molecule has 0 bridgehead atoms. The number of amides is 1. The number of ether oxygens (including phenoxy) is 2. The van der Waals surface area contributed by atoms with Gasteiger partial charge in [-0.25, -0.2) is 9.59 Å². The van der Waals surface area contributed by atoms with E-state index >= 15 is 0 Å². The normalized spacial score (nSPS) is 18.4. The molecule has 0 unspecified atom stereocenters. The second kappa shape index (κ2) is 5.21. The Bertz CT molecular complexity index is 341. The number of hydrogen-bond donors (Lipinski definition) is 0. The molecule has 5 nitrogen and oxygen atoms in total. The molecule has 0 atom stereocenters. The lowest BCUT2D eigenvalue weighted by Gasteiger charge is -2.25. The van der Waals surface area contributed by atoms with Crippen LogP contribution in [0, 0.1) is 0 Å². The van der Waals surface area contributed by atoms with Crippen LogP contribution in [0.4, 0.5) is 4.79 Å². The number of carbonyl (C=O) groups is 2. The molecular weight excluding hydrogens is 222 g/mol. The first kappa shape index (κ1) is 13.5. The minimum absolute atomic E-state index is 0.412. The van der Waals surface area contributed by atoms with Gasteiger partial charge in [-0.2, -0.15) is 0 Å². The molecule has 0 spiro atoms. The van der Waals surface area contributed by atoms with Crippen molar-refractivity contribution in [1.82, 2.24) is 4.90 Å². The summed E-state index contributed by atoms with van der Waals surface area (Å²) in [4.78, 5) is 24.5. The minimum atomic E-state index is -0.532. The molecule has 1 aliphatic rings. The fourth-order valence-corrected chi connectivity index (χ4v) is 1.57. The molecule has 0 aromatic rings. The highest BCUT2D eigenvalue weighted by atomic mass is 16.6. The van der Waals surface area contributed by atoms with Crippen LogP contribution < -0.4 is 0 Å². The number of methoxy groups -OCH3 is 1. The Morgan fingerprint density at radius 3 is 2.53 bits per heavy atom. The SMILES string of the molecule is COC(=O)C=C1CCCN1C(=O)OC(C)(C)C. The molecule has 17 heavy (non-hydrogen) atoms. The third-order valence-corrected chi connectivity index (χ3v) is 2.26. The standard InChI is InChI=1S/C12H19NO4/c1-12(2,3)17-11(15)13-7-5-6-9(13)8-10(14)16-4/h8H,5-7H2,1-4H3. The van der Waals surface area contributed by atoms with Crippen molar-refractivity contribution in [2.24, 2.45) is 0 Å². The number of carbonyl (C=O) groups excluding carboxylic acids is 2. The highest BCUT2D eigenvalue weighted by molar-refractivity contribution is 5.84. The fourth-order valence-electron chi connectivity index (χ4n) is 1.57. The molecule has 0 aromatic heterocycles. The molecule has 0 radical (unpaired) electrons. The van der Waals surface area contributed by atoms with Gasteiger partial charge < -0.3 is 9.47 Å². The Labute approximate surface area is 101 Å². The van der Waals surface area contributed by atoms with E-state index in [4.69, 9.17) is 4.74 Å². The first-order chi connectivity index (χ1) is 7.83. The molecule has 0 aromatic carbocycles. The predicted octanol–water partition coefficient (Wildman–Crippen LogP) is 2.07. The van der Waals surface area contributed by atoms with Crippen LogP contribution in [0.1, 0.15) is 33.6 Å². The third kappa shape index (κ3) is 4.09. The number of rotatable bonds is 1. The van der Waals surface area contributed by atoms with E-state index in [-0.39, 0.29) is 0 Å². The maximum Gasteiger partial charge on any atom is 0.414 e. The second-order valence-corrected chi connectivity index (χ2v) is 4.89.